The van der Waals surface area contributed by atoms with Crippen LogP contribution in [0.5, 0.6) is 0 Å². The second kappa shape index (κ2) is 7.88. The lowest BCUT2D eigenvalue weighted by Crippen LogP contribution is -3.00. The lowest BCUT2D eigenvalue weighted by atomic mass is 10.1. The van der Waals surface area contributed by atoms with E-state index in [2.05, 4.69) is 41.6 Å². The summed E-state index contributed by atoms with van der Waals surface area (Å²) in [6.45, 7) is 7.51. The molecule has 0 atom stereocenters. The number of hydrogen-bond acceptors (Lipinski definition) is 3. The Kier molecular flexibility index (Phi) is 7.64. The standard InChI is InChI=1S/C14H20BrNO2.ClH/c1-14(2,3)16(4)8-9-18-13(17)11-6-5-7-12(15)10-11;/h5-7,10H,8-9H2,1-4H3;1H/p-1. The number of esters is 1. The molecule has 0 aromatic heterocycles. The Morgan fingerprint density at radius 3 is 2.53 bits per heavy atom. The molecular weight excluding hydrogens is 330 g/mol. The SMILES string of the molecule is CN(CCOC(=O)c1cccc(Br)c1)C(C)(C)C.[Cl-]. The number of carbonyl (C=O) groups excluding carboxylic acids is 1. The minimum Gasteiger partial charge on any atom is -1.00 e. The lowest BCUT2D eigenvalue weighted by Gasteiger charge is -2.31. The van der Waals surface area contributed by atoms with Crippen molar-refractivity contribution in [2.45, 2.75) is 26.3 Å². The number of halogens is 2. The molecule has 1 rings (SSSR count). The van der Waals surface area contributed by atoms with E-state index in [9.17, 15) is 4.79 Å². The predicted octanol–water partition coefficient (Wildman–Crippen LogP) is 0.340. The summed E-state index contributed by atoms with van der Waals surface area (Å²) in [4.78, 5) is 13.9. The highest BCUT2D eigenvalue weighted by Crippen LogP contribution is 2.13. The van der Waals surface area contributed by atoms with Gasteiger partial charge in [-0.3, -0.25) is 4.90 Å². The van der Waals surface area contributed by atoms with Gasteiger partial charge >= 0.3 is 5.97 Å². The molecule has 1 aromatic carbocycles. The van der Waals surface area contributed by atoms with Crippen LogP contribution in [0.2, 0.25) is 0 Å². The molecule has 0 aliphatic rings. The van der Waals surface area contributed by atoms with Gasteiger partial charge in [0.15, 0.2) is 0 Å². The highest BCUT2D eigenvalue weighted by molar-refractivity contribution is 9.10. The maximum absolute atomic E-state index is 11.8. The van der Waals surface area contributed by atoms with E-state index in [1.54, 1.807) is 12.1 Å². The fraction of sp³-hybridized carbons (Fsp3) is 0.500. The van der Waals surface area contributed by atoms with Crippen LogP contribution in [0, 0.1) is 0 Å². The highest BCUT2D eigenvalue weighted by Gasteiger charge is 2.17. The highest BCUT2D eigenvalue weighted by atomic mass is 79.9. The van der Waals surface area contributed by atoms with Gasteiger partial charge in [0.2, 0.25) is 0 Å². The molecule has 3 nitrogen and oxygen atoms in total. The number of carbonyl (C=O) groups is 1. The molecule has 0 saturated heterocycles. The number of benzene rings is 1. The van der Waals surface area contributed by atoms with E-state index in [-0.39, 0.29) is 23.9 Å². The molecule has 19 heavy (non-hydrogen) atoms. The third kappa shape index (κ3) is 6.41. The van der Waals surface area contributed by atoms with Crippen LogP contribution in [-0.2, 0) is 4.74 Å². The van der Waals surface area contributed by atoms with Gasteiger partial charge in [-0.1, -0.05) is 22.0 Å². The van der Waals surface area contributed by atoms with Gasteiger partial charge in [-0.15, -0.1) is 0 Å². The first-order valence-electron chi connectivity index (χ1n) is 5.94. The number of hydrogen-bond donors (Lipinski definition) is 0. The van der Waals surface area contributed by atoms with Gasteiger partial charge < -0.3 is 17.1 Å². The number of nitrogens with zero attached hydrogens (tertiary/aromatic N) is 1. The molecule has 0 N–H and O–H groups in total. The van der Waals surface area contributed by atoms with Crippen LogP contribution >= 0.6 is 15.9 Å². The monoisotopic (exact) mass is 348 g/mol. The smallest absolute Gasteiger partial charge is 0.338 e. The minimum absolute atomic E-state index is 0. The van der Waals surface area contributed by atoms with Gasteiger partial charge in [-0.05, 0) is 46.0 Å². The van der Waals surface area contributed by atoms with Crippen LogP contribution in [0.25, 0.3) is 0 Å². The third-order valence-electron chi connectivity index (χ3n) is 2.87. The Bertz CT molecular complexity index is 418. The van der Waals surface area contributed by atoms with Gasteiger partial charge in [-0.25, -0.2) is 4.79 Å². The van der Waals surface area contributed by atoms with Crippen molar-refractivity contribution in [1.82, 2.24) is 4.90 Å². The Morgan fingerprint density at radius 2 is 2.00 bits per heavy atom. The molecule has 0 radical (unpaired) electrons. The molecule has 0 unspecified atom stereocenters. The first-order valence-corrected chi connectivity index (χ1v) is 6.74. The molecule has 1 aromatic rings. The van der Waals surface area contributed by atoms with Crippen molar-refractivity contribution in [3.63, 3.8) is 0 Å². The van der Waals surface area contributed by atoms with Crippen molar-refractivity contribution in [3.8, 4) is 0 Å². The van der Waals surface area contributed by atoms with Crippen LogP contribution in [-0.4, -0.2) is 36.6 Å². The van der Waals surface area contributed by atoms with Crippen molar-refractivity contribution in [2.24, 2.45) is 0 Å². The molecule has 5 heteroatoms. The lowest BCUT2D eigenvalue weighted by molar-refractivity contribution is -0.0000223. The molecule has 0 saturated carbocycles. The second-order valence-corrected chi connectivity index (χ2v) is 6.15. The predicted molar refractivity (Wildman–Crippen MR) is 76.8 cm³/mol. The zero-order valence-corrected chi connectivity index (χ0v) is 14.1. The van der Waals surface area contributed by atoms with E-state index < -0.39 is 0 Å². The Balaban J connectivity index is 0.00000324. The Morgan fingerprint density at radius 1 is 1.37 bits per heavy atom. The van der Waals surface area contributed by atoms with Crippen LogP contribution < -0.4 is 12.4 Å². The Hall–Kier alpha value is -0.580. The van der Waals surface area contributed by atoms with Crippen molar-refractivity contribution < 1.29 is 21.9 Å². The average Bonchev–Trinajstić information content (AvgIpc) is 2.27. The topological polar surface area (TPSA) is 29.5 Å². The molecule has 0 aliphatic heterocycles. The van der Waals surface area contributed by atoms with Gasteiger partial charge in [0, 0.05) is 16.6 Å². The number of rotatable bonds is 4. The summed E-state index contributed by atoms with van der Waals surface area (Å²) in [6.07, 6.45) is 0. The maximum Gasteiger partial charge on any atom is 0.338 e. The van der Waals surface area contributed by atoms with Crippen molar-refractivity contribution in [1.29, 1.82) is 0 Å². The summed E-state index contributed by atoms with van der Waals surface area (Å²) in [7, 11) is 2.02. The molecule has 0 aliphatic carbocycles. The quantitative estimate of drug-likeness (QED) is 0.734. The van der Waals surface area contributed by atoms with Crippen molar-refractivity contribution in [3.05, 3.63) is 34.3 Å². The zero-order chi connectivity index (χ0) is 13.8. The number of ether oxygens (including phenoxy) is 1. The van der Waals surface area contributed by atoms with Crippen LogP contribution in [0.15, 0.2) is 28.7 Å². The normalized spacial score (nSPS) is 11.1. The molecule has 108 valence electrons. The second-order valence-electron chi connectivity index (χ2n) is 5.24. The van der Waals surface area contributed by atoms with E-state index in [4.69, 9.17) is 4.74 Å². The van der Waals surface area contributed by atoms with Gasteiger partial charge in [0.05, 0.1) is 5.56 Å². The first-order chi connectivity index (χ1) is 8.30. The third-order valence-corrected chi connectivity index (χ3v) is 3.36. The van der Waals surface area contributed by atoms with Gasteiger partial charge in [0.25, 0.3) is 0 Å². The fourth-order valence-corrected chi connectivity index (χ4v) is 1.71. The van der Waals surface area contributed by atoms with E-state index >= 15 is 0 Å². The first kappa shape index (κ1) is 18.4. The van der Waals surface area contributed by atoms with E-state index in [1.165, 1.54) is 0 Å². The van der Waals surface area contributed by atoms with Crippen molar-refractivity contribution >= 4 is 21.9 Å². The van der Waals surface area contributed by atoms with E-state index in [0.29, 0.717) is 12.2 Å². The summed E-state index contributed by atoms with van der Waals surface area (Å²) >= 11 is 3.33. The molecule has 0 amide bonds. The summed E-state index contributed by atoms with van der Waals surface area (Å²) in [5.41, 5.74) is 0.658. The summed E-state index contributed by atoms with van der Waals surface area (Å²) in [6, 6.07) is 7.21. The molecule has 0 spiro atoms. The molecule has 0 bridgehead atoms. The summed E-state index contributed by atoms with van der Waals surface area (Å²) in [5, 5.41) is 0. The van der Waals surface area contributed by atoms with Gasteiger partial charge in [-0.2, -0.15) is 0 Å². The van der Waals surface area contributed by atoms with Crippen LogP contribution in [0.3, 0.4) is 0 Å². The summed E-state index contributed by atoms with van der Waals surface area (Å²) < 4.78 is 6.13. The van der Waals surface area contributed by atoms with E-state index in [0.717, 1.165) is 11.0 Å². The van der Waals surface area contributed by atoms with Crippen LogP contribution in [0.4, 0.5) is 0 Å². The summed E-state index contributed by atoms with van der Waals surface area (Å²) in [5.74, 6) is -0.279. The van der Waals surface area contributed by atoms with Crippen molar-refractivity contribution in [2.75, 3.05) is 20.2 Å². The Labute approximate surface area is 129 Å². The average molecular weight is 350 g/mol. The minimum atomic E-state index is -0.279. The largest absolute Gasteiger partial charge is 1.00 e. The van der Waals surface area contributed by atoms with Crippen LogP contribution in [0.1, 0.15) is 31.1 Å². The molecular formula is C14H20BrClNO2-. The molecule has 0 heterocycles. The maximum atomic E-state index is 11.8. The number of likely N-dealkylation sites (N-methyl/N-ethyl adjacent to an activating group) is 1. The fourth-order valence-electron chi connectivity index (χ4n) is 1.31. The zero-order valence-electron chi connectivity index (χ0n) is 11.7. The van der Waals surface area contributed by atoms with E-state index in [1.807, 2.05) is 19.2 Å². The van der Waals surface area contributed by atoms with Gasteiger partial charge in [0.1, 0.15) is 6.61 Å². The molecule has 0 fully saturated rings.